The third-order valence-electron chi connectivity index (χ3n) is 4.42. The number of likely N-dealkylation sites (tertiary alicyclic amines) is 1. The highest BCUT2D eigenvalue weighted by molar-refractivity contribution is 5.89. The molecule has 4 nitrogen and oxygen atoms in total. The highest BCUT2D eigenvalue weighted by Crippen LogP contribution is 2.26. The van der Waals surface area contributed by atoms with E-state index in [1.807, 2.05) is 30.3 Å². The molecule has 1 heterocycles. The van der Waals surface area contributed by atoms with Gasteiger partial charge < -0.3 is 9.80 Å². The Balaban J connectivity index is 2.00. The Morgan fingerprint density at radius 1 is 1.15 bits per heavy atom. The zero-order valence-electron chi connectivity index (χ0n) is 16.1. The average molecular weight is 384 g/mol. The van der Waals surface area contributed by atoms with E-state index in [1.54, 1.807) is 25.7 Å². The molecule has 7 heteroatoms. The maximum Gasteiger partial charge on any atom is 0.406 e. The van der Waals surface area contributed by atoms with E-state index < -0.39 is 30.0 Å². The summed E-state index contributed by atoms with van der Waals surface area (Å²) in [6, 6.07) is 9.64. The molecule has 27 heavy (non-hydrogen) atoms. The van der Waals surface area contributed by atoms with Crippen molar-refractivity contribution in [2.75, 3.05) is 26.2 Å². The van der Waals surface area contributed by atoms with Crippen LogP contribution in [0.5, 0.6) is 0 Å². The Morgan fingerprint density at radius 2 is 1.78 bits per heavy atom. The van der Waals surface area contributed by atoms with Gasteiger partial charge >= 0.3 is 6.18 Å². The smallest absolute Gasteiger partial charge is 0.342 e. The third-order valence-corrected chi connectivity index (χ3v) is 4.42. The first-order valence-electron chi connectivity index (χ1n) is 9.12. The Morgan fingerprint density at radius 3 is 2.33 bits per heavy atom. The lowest BCUT2D eigenvalue weighted by Gasteiger charge is -2.32. The summed E-state index contributed by atoms with van der Waals surface area (Å²) < 4.78 is 38.8. The van der Waals surface area contributed by atoms with Crippen LogP contribution in [0.3, 0.4) is 0 Å². The first-order valence-corrected chi connectivity index (χ1v) is 9.12. The zero-order valence-corrected chi connectivity index (χ0v) is 16.1. The number of nitrogens with zero attached hydrogens (tertiary/aromatic N) is 2. The summed E-state index contributed by atoms with van der Waals surface area (Å²) in [7, 11) is 0. The van der Waals surface area contributed by atoms with Crippen LogP contribution < -0.4 is 0 Å². The van der Waals surface area contributed by atoms with E-state index in [0.29, 0.717) is 13.0 Å². The summed E-state index contributed by atoms with van der Waals surface area (Å²) in [5.74, 6) is -1.47. The molecule has 0 radical (unpaired) electrons. The number of amides is 2. The fraction of sp³-hybridized carbons (Fsp3) is 0.600. The van der Waals surface area contributed by atoms with E-state index in [1.165, 1.54) is 0 Å². The van der Waals surface area contributed by atoms with Crippen LogP contribution in [0.15, 0.2) is 30.3 Å². The maximum atomic E-state index is 12.9. The highest BCUT2D eigenvalue weighted by Gasteiger charge is 2.41. The van der Waals surface area contributed by atoms with E-state index in [2.05, 4.69) is 0 Å². The number of rotatable bonds is 6. The molecule has 1 atom stereocenters. The van der Waals surface area contributed by atoms with Gasteiger partial charge in [-0.25, -0.2) is 0 Å². The predicted octanol–water partition coefficient (Wildman–Crippen LogP) is 3.51. The van der Waals surface area contributed by atoms with Crippen molar-refractivity contribution < 1.29 is 22.8 Å². The van der Waals surface area contributed by atoms with Gasteiger partial charge in [-0.3, -0.25) is 9.59 Å². The Kier molecular flexibility index (Phi) is 6.54. The molecule has 1 unspecified atom stereocenters. The second-order valence-electron chi connectivity index (χ2n) is 8.35. The Bertz CT molecular complexity index is 637. The van der Waals surface area contributed by atoms with Gasteiger partial charge in [0.1, 0.15) is 6.54 Å². The van der Waals surface area contributed by atoms with Crippen LogP contribution in [0.1, 0.15) is 32.8 Å². The normalized spacial score (nSPS) is 18.1. The molecule has 1 aliphatic rings. The third kappa shape index (κ3) is 6.88. The van der Waals surface area contributed by atoms with Crippen molar-refractivity contribution in [3.8, 4) is 0 Å². The van der Waals surface area contributed by atoms with E-state index in [4.69, 9.17) is 0 Å². The first-order chi connectivity index (χ1) is 12.4. The molecule has 2 amide bonds. The maximum absolute atomic E-state index is 12.9. The van der Waals surface area contributed by atoms with Crippen molar-refractivity contribution in [3.63, 3.8) is 0 Å². The van der Waals surface area contributed by atoms with Crippen LogP contribution in [-0.2, 0) is 16.0 Å². The minimum Gasteiger partial charge on any atom is -0.342 e. The first kappa shape index (κ1) is 21.3. The van der Waals surface area contributed by atoms with Crippen LogP contribution in [0, 0.1) is 11.3 Å². The monoisotopic (exact) mass is 384 g/mol. The second-order valence-corrected chi connectivity index (χ2v) is 8.35. The van der Waals surface area contributed by atoms with Gasteiger partial charge in [0.05, 0.1) is 5.92 Å². The minimum atomic E-state index is -4.46. The van der Waals surface area contributed by atoms with Gasteiger partial charge in [-0.2, -0.15) is 13.2 Å². The van der Waals surface area contributed by atoms with Crippen LogP contribution in [0.4, 0.5) is 13.2 Å². The number of carbonyl (C=O) groups excluding carboxylic acids is 2. The molecule has 2 rings (SSSR count). The molecule has 0 spiro atoms. The lowest BCUT2D eigenvalue weighted by atomic mass is 9.95. The van der Waals surface area contributed by atoms with E-state index in [-0.39, 0.29) is 25.4 Å². The van der Waals surface area contributed by atoms with Gasteiger partial charge in [0, 0.05) is 26.1 Å². The highest BCUT2D eigenvalue weighted by atomic mass is 19.4. The quantitative estimate of drug-likeness (QED) is 0.753. The second kappa shape index (κ2) is 8.31. The summed E-state index contributed by atoms with van der Waals surface area (Å²) in [5, 5.41) is 0. The van der Waals surface area contributed by atoms with Crippen molar-refractivity contribution in [1.82, 2.24) is 9.80 Å². The van der Waals surface area contributed by atoms with Crippen molar-refractivity contribution in [2.24, 2.45) is 11.3 Å². The Labute approximate surface area is 158 Å². The molecular weight excluding hydrogens is 357 g/mol. The fourth-order valence-corrected chi connectivity index (χ4v) is 3.32. The fourth-order valence-electron chi connectivity index (χ4n) is 3.32. The minimum absolute atomic E-state index is 0.0000488. The van der Waals surface area contributed by atoms with Gasteiger partial charge in [0.2, 0.25) is 11.8 Å². The lowest BCUT2D eigenvalue weighted by Crippen LogP contribution is -2.46. The van der Waals surface area contributed by atoms with Crippen molar-refractivity contribution >= 4 is 11.8 Å². The zero-order chi connectivity index (χ0) is 20.2. The Hall–Kier alpha value is -2.05. The summed E-state index contributed by atoms with van der Waals surface area (Å²) in [4.78, 5) is 27.4. The van der Waals surface area contributed by atoms with Crippen molar-refractivity contribution in [2.45, 2.75) is 39.8 Å². The number of hydrogen-bond acceptors (Lipinski definition) is 2. The molecule has 1 aromatic rings. The molecule has 1 fully saturated rings. The molecule has 1 saturated heterocycles. The molecule has 0 saturated carbocycles. The summed E-state index contributed by atoms with van der Waals surface area (Å²) >= 11 is 0. The van der Waals surface area contributed by atoms with Crippen molar-refractivity contribution in [3.05, 3.63) is 35.9 Å². The van der Waals surface area contributed by atoms with Crippen LogP contribution in [0.25, 0.3) is 0 Å². The molecule has 1 aromatic carbocycles. The van der Waals surface area contributed by atoms with Gasteiger partial charge in [-0.1, -0.05) is 51.1 Å². The number of carbonyl (C=O) groups is 2. The predicted molar refractivity (Wildman–Crippen MR) is 96.9 cm³/mol. The topological polar surface area (TPSA) is 40.6 Å². The molecule has 1 aliphatic heterocycles. The lowest BCUT2D eigenvalue weighted by molar-refractivity contribution is -0.165. The molecule has 0 N–H and O–H groups in total. The number of benzene rings is 1. The molecule has 0 bridgehead atoms. The molecule has 0 aromatic heterocycles. The SMILES string of the molecule is CC(C)(C)CN(CC(F)(F)F)C(=O)C1CC(=O)N(CCc2ccccc2)C1. The van der Waals surface area contributed by atoms with Gasteiger partial charge in [0.15, 0.2) is 0 Å². The van der Waals surface area contributed by atoms with Gasteiger partial charge in [-0.15, -0.1) is 0 Å². The molecular formula is C20H27F3N2O2. The van der Waals surface area contributed by atoms with Crippen LogP contribution in [-0.4, -0.2) is 54.0 Å². The summed E-state index contributed by atoms with van der Waals surface area (Å²) in [6.07, 6.45) is -3.83. The average Bonchev–Trinajstić information content (AvgIpc) is 2.91. The van der Waals surface area contributed by atoms with E-state index in [9.17, 15) is 22.8 Å². The standard InChI is InChI=1S/C20H27F3N2O2/c1-19(2,3)13-25(14-20(21,22)23)18(27)16-11-17(26)24(12-16)10-9-15-7-5-4-6-8-15/h4-8,16H,9-14H2,1-3H3. The van der Waals surface area contributed by atoms with E-state index >= 15 is 0 Å². The van der Waals surface area contributed by atoms with Gasteiger partial charge in [-0.05, 0) is 17.4 Å². The van der Waals surface area contributed by atoms with Gasteiger partial charge in [0.25, 0.3) is 0 Å². The molecule has 150 valence electrons. The summed E-state index contributed by atoms with van der Waals surface area (Å²) in [5.41, 5.74) is 0.614. The van der Waals surface area contributed by atoms with Crippen molar-refractivity contribution in [1.29, 1.82) is 0 Å². The van der Waals surface area contributed by atoms with Crippen LogP contribution in [0.2, 0.25) is 0 Å². The van der Waals surface area contributed by atoms with Crippen LogP contribution >= 0.6 is 0 Å². The number of hydrogen-bond donors (Lipinski definition) is 0. The number of halogens is 3. The largest absolute Gasteiger partial charge is 0.406 e. The molecule has 0 aliphatic carbocycles. The summed E-state index contributed by atoms with van der Waals surface area (Å²) in [6.45, 7) is 4.73. The number of alkyl halides is 3. The van der Waals surface area contributed by atoms with E-state index in [0.717, 1.165) is 10.5 Å².